The zero-order chi connectivity index (χ0) is 23.2. The number of rotatable bonds is 9. The van der Waals surface area contributed by atoms with E-state index < -0.39 is 0 Å². The van der Waals surface area contributed by atoms with Crippen LogP contribution in [0.25, 0.3) is 22.6 Å². The van der Waals surface area contributed by atoms with E-state index in [1.54, 1.807) is 13.2 Å². The Kier molecular flexibility index (Phi) is 7.43. The number of methoxy groups -OCH3 is 1. The van der Waals surface area contributed by atoms with Gasteiger partial charge in [-0.15, -0.1) is 28.1 Å². The molecule has 0 radical (unpaired) electrons. The van der Waals surface area contributed by atoms with E-state index in [0.29, 0.717) is 27.7 Å². The molecule has 0 bridgehead atoms. The van der Waals surface area contributed by atoms with Crippen molar-refractivity contribution in [2.75, 3.05) is 18.2 Å². The monoisotopic (exact) mass is 497 g/mol. The first-order valence-electron chi connectivity index (χ1n) is 9.90. The molecule has 33 heavy (non-hydrogen) atoms. The van der Waals surface area contributed by atoms with Crippen LogP contribution in [-0.2, 0) is 11.3 Å². The lowest BCUT2D eigenvalue weighted by Crippen LogP contribution is -2.14. The molecular formula is C23H20ClN5O2S2. The van der Waals surface area contributed by atoms with Gasteiger partial charge in [-0.05, 0) is 24.3 Å². The molecule has 4 rings (SSSR count). The van der Waals surface area contributed by atoms with Crippen LogP contribution < -0.4 is 10.1 Å². The number of hydrogen-bond acceptors (Lipinski definition) is 7. The molecule has 0 aliphatic heterocycles. The van der Waals surface area contributed by atoms with Crippen LogP contribution in [0, 0.1) is 0 Å². The van der Waals surface area contributed by atoms with Crippen LogP contribution in [0.15, 0.2) is 71.7 Å². The van der Waals surface area contributed by atoms with E-state index in [1.165, 1.54) is 23.1 Å². The summed E-state index contributed by atoms with van der Waals surface area (Å²) >= 11 is 8.62. The number of amides is 1. The number of anilines is 1. The fraction of sp³-hybridized carbons (Fsp3) is 0.130. The first kappa shape index (κ1) is 23.0. The second-order valence-electron chi connectivity index (χ2n) is 6.82. The smallest absolute Gasteiger partial charge is 0.236 e. The third-order valence-electron chi connectivity index (χ3n) is 4.58. The maximum absolute atomic E-state index is 12.5. The van der Waals surface area contributed by atoms with Gasteiger partial charge in [-0.3, -0.25) is 9.36 Å². The van der Waals surface area contributed by atoms with Crippen LogP contribution in [0.3, 0.4) is 0 Å². The van der Waals surface area contributed by atoms with Gasteiger partial charge in [-0.25, -0.2) is 4.98 Å². The molecule has 0 saturated carbocycles. The number of nitrogens with zero attached hydrogens (tertiary/aromatic N) is 4. The number of benzene rings is 2. The van der Waals surface area contributed by atoms with Crippen molar-refractivity contribution in [2.45, 2.75) is 11.7 Å². The third kappa shape index (κ3) is 5.62. The van der Waals surface area contributed by atoms with Gasteiger partial charge in [-0.1, -0.05) is 53.7 Å². The lowest BCUT2D eigenvalue weighted by atomic mass is 10.2. The van der Waals surface area contributed by atoms with Crippen LogP contribution in [-0.4, -0.2) is 38.5 Å². The van der Waals surface area contributed by atoms with E-state index in [2.05, 4.69) is 27.1 Å². The molecule has 0 fully saturated rings. The largest absolute Gasteiger partial charge is 0.497 e. The minimum atomic E-state index is -0.173. The van der Waals surface area contributed by atoms with Crippen molar-refractivity contribution >= 4 is 45.7 Å². The molecule has 168 valence electrons. The Balaban J connectivity index is 1.42. The van der Waals surface area contributed by atoms with Gasteiger partial charge in [-0.2, -0.15) is 0 Å². The Hall–Kier alpha value is -3.14. The second-order valence-corrected chi connectivity index (χ2v) is 9.06. The molecule has 0 atom stereocenters. The van der Waals surface area contributed by atoms with Gasteiger partial charge in [0.15, 0.2) is 16.1 Å². The van der Waals surface area contributed by atoms with E-state index >= 15 is 0 Å². The molecule has 2 aromatic heterocycles. The van der Waals surface area contributed by atoms with Gasteiger partial charge in [0.05, 0.1) is 18.6 Å². The summed E-state index contributed by atoms with van der Waals surface area (Å²) in [6.45, 7) is 4.34. The highest BCUT2D eigenvalue weighted by molar-refractivity contribution is 7.99. The van der Waals surface area contributed by atoms with Crippen LogP contribution in [0.2, 0.25) is 5.02 Å². The Morgan fingerprint density at radius 1 is 1.24 bits per heavy atom. The van der Waals surface area contributed by atoms with Crippen LogP contribution >= 0.6 is 34.7 Å². The molecule has 0 aliphatic rings. The summed E-state index contributed by atoms with van der Waals surface area (Å²) in [5, 5.41) is 15.2. The van der Waals surface area contributed by atoms with Gasteiger partial charge >= 0.3 is 0 Å². The summed E-state index contributed by atoms with van der Waals surface area (Å²) in [4.78, 5) is 17.0. The third-order valence-corrected chi connectivity index (χ3v) is 6.56. The van der Waals surface area contributed by atoms with Crippen LogP contribution in [0.4, 0.5) is 5.13 Å². The van der Waals surface area contributed by atoms with E-state index in [4.69, 9.17) is 16.3 Å². The lowest BCUT2D eigenvalue weighted by molar-refractivity contribution is -0.113. The standard InChI is InChI=1S/C23H20ClN5O2S2/c1-3-11-29-21(16-5-4-6-18(12-16)31-2)27-28-23(29)33-14-20(30)26-22-25-19(13-32-22)15-7-9-17(24)10-8-15/h3-10,12-13H,1,11,14H2,2H3,(H,25,26,30). The molecular weight excluding hydrogens is 478 g/mol. The number of ether oxygens (including phenoxy) is 1. The summed E-state index contributed by atoms with van der Waals surface area (Å²) < 4.78 is 7.23. The maximum atomic E-state index is 12.5. The topological polar surface area (TPSA) is 81.9 Å². The number of aromatic nitrogens is 4. The van der Waals surface area contributed by atoms with Crippen LogP contribution in [0.5, 0.6) is 5.75 Å². The first-order valence-corrected chi connectivity index (χ1v) is 12.1. The predicted octanol–water partition coefficient (Wildman–Crippen LogP) is 5.65. The number of allylic oxidation sites excluding steroid dienone is 1. The number of carbonyl (C=O) groups excluding carboxylic acids is 1. The fourth-order valence-corrected chi connectivity index (χ4v) is 4.64. The normalized spacial score (nSPS) is 10.7. The molecule has 0 spiro atoms. The number of thiazole rings is 1. The molecule has 1 amide bonds. The minimum Gasteiger partial charge on any atom is -0.497 e. The quantitative estimate of drug-likeness (QED) is 0.238. The summed E-state index contributed by atoms with van der Waals surface area (Å²) in [7, 11) is 1.62. The summed E-state index contributed by atoms with van der Waals surface area (Å²) in [6, 6.07) is 15.0. The number of hydrogen-bond donors (Lipinski definition) is 1. The SMILES string of the molecule is C=CCn1c(SCC(=O)Nc2nc(-c3ccc(Cl)cc3)cs2)nnc1-c1cccc(OC)c1. The van der Waals surface area contributed by atoms with Crippen molar-refractivity contribution in [1.29, 1.82) is 0 Å². The van der Waals surface area contributed by atoms with Gasteiger partial charge < -0.3 is 10.1 Å². The van der Waals surface area contributed by atoms with Crippen LogP contribution in [0.1, 0.15) is 0 Å². The summed E-state index contributed by atoms with van der Waals surface area (Å²) in [6.07, 6.45) is 1.77. The Labute approximate surface area is 204 Å². The highest BCUT2D eigenvalue weighted by Gasteiger charge is 2.16. The maximum Gasteiger partial charge on any atom is 0.236 e. The molecule has 0 saturated heterocycles. The lowest BCUT2D eigenvalue weighted by Gasteiger charge is -2.08. The molecule has 10 heteroatoms. The molecule has 1 N–H and O–H groups in total. The Bertz CT molecular complexity index is 1270. The summed E-state index contributed by atoms with van der Waals surface area (Å²) in [5.41, 5.74) is 2.60. The van der Waals surface area contributed by atoms with E-state index in [9.17, 15) is 4.79 Å². The zero-order valence-corrected chi connectivity index (χ0v) is 20.1. The number of nitrogens with one attached hydrogen (secondary N) is 1. The number of halogens is 1. The minimum absolute atomic E-state index is 0.170. The first-order chi connectivity index (χ1) is 16.1. The van der Waals surface area contributed by atoms with Crippen molar-refractivity contribution in [1.82, 2.24) is 19.7 Å². The molecule has 0 unspecified atom stereocenters. The van der Waals surface area contributed by atoms with E-state index in [0.717, 1.165) is 22.6 Å². The second kappa shape index (κ2) is 10.7. The van der Waals surface area contributed by atoms with Crippen molar-refractivity contribution in [2.24, 2.45) is 0 Å². The number of thioether (sulfide) groups is 1. The fourth-order valence-electron chi connectivity index (χ4n) is 3.03. The molecule has 2 aromatic carbocycles. The Morgan fingerprint density at radius 3 is 2.82 bits per heavy atom. The van der Waals surface area contributed by atoms with Gasteiger partial charge in [0.25, 0.3) is 0 Å². The zero-order valence-electron chi connectivity index (χ0n) is 17.7. The van der Waals surface area contributed by atoms with Crippen molar-refractivity contribution in [3.8, 4) is 28.4 Å². The van der Waals surface area contributed by atoms with Crippen molar-refractivity contribution in [3.63, 3.8) is 0 Å². The predicted molar refractivity (Wildman–Crippen MR) is 134 cm³/mol. The van der Waals surface area contributed by atoms with Gasteiger partial charge in [0, 0.05) is 28.1 Å². The molecule has 0 aliphatic carbocycles. The van der Waals surface area contributed by atoms with Crippen molar-refractivity contribution < 1.29 is 9.53 Å². The average molecular weight is 498 g/mol. The van der Waals surface area contributed by atoms with Gasteiger partial charge in [0.2, 0.25) is 5.91 Å². The van der Waals surface area contributed by atoms with E-state index in [1.807, 2.05) is 58.5 Å². The van der Waals surface area contributed by atoms with E-state index in [-0.39, 0.29) is 11.7 Å². The highest BCUT2D eigenvalue weighted by Crippen LogP contribution is 2.28. The number of carbonyl (C=O) groups is 1. The average Bonchev–Trinajstić information content (AvgIpc) is 3.46. The van der Waals surface area contributed by atoms with Crippen molar-refractivity contribution in [3.05, 3.63) is 71.6 Å². The summed E-state index contributed by atoms with van der Waals surface area (Å²) in [5.74, 6) is 1.41. The molecule has 4 aromatic rings. The highest BCUT2D eigenvalue weighted by atomic mass is 35.5. The Morgan fingerprint density at radius 2 is 2.06 bits per heavy atom. The molecule has 2 heterocycles. The van der Waals surface area contributed by atoms with Gasteiger partial charge in [0.1, 0.15) is 5.75 Å². The molecule has 7 nitrogen and oxygen atoms in total.